The predicted octanol–water partition coefficient (Wildman–Crippen LogP) is 3.84. The van der Waals surface area contributed by atoms with E-state index in [1.165, 1.54) is 0 Å². The van der Waals surface area contributed by atoms with Gasteiger partial charge in [0.15, 0.2) is 5.82 Å². The van der Waals surface area contributed by atoms with E-state index in [0.29, 0.717) is 16.5 Å². The summed E-state index contributed by atoms with van der Waals surface area (Å²) < 4.78 is 0. The maximum atomic E-state index is 13.0. The van der Waals surface area contributed by atoms with Gasteiger partial charge in [-0.3, -0.25) is 9.89 Å². The smallest absolute Gasteiger partial charge is 0.255 e. The van der Waals surface area contributed by atoms with Crippen LogP contribution in [-0.2, 0) is 0 Å². The Kier molecular flexibility index (Phi) is 5.82. The van der Waals surface area contributed by atoms with Gasteiger partial charge in [0.1, 0.15) is 0 Å². The van der Waals surface area contributed by atoms with Crippen LogP contribution in [0.1, 0.15) is 45.0 Å². The van der Waals surface area contributed by atoms with Gasteiger partial charge < -0.3 is 4.90 Å². The number of rotatable bonds is 6. The van der Waals surface area contributed by atoms with Crippen molar-refractivity contribution in [1.29, 1.82) is 0 Å². The predicted molar refractivity (Wildman–Crippen MR) is 94.7 cm³/mol. The number of carbonyl (C=O) groups excluding carboxylic acids is 1. The first kappa shape index (κ1) is 17.5. The fraction of sp³-hybridized carbons (Fsp3) is 0.471. The highest BCUT2D eigenvalue weighted by Crippen LogP contribution is 2.25. The molecule has 0 saturated carbocycles. The summed E-state index contributed by atoms with van der Waals surface area (Å²) in [6.07, 6.45) is 0. The third kappa shape index (κ3) is 3.93. The molecule has 124 valence electrons. The number of amides is 1. The van der Waals surface area contributed by atoms with Crippen LogP contribution in [0.15, 0.2) is 29.4 Å². The van der Waals surface area contributed by atoms with E-state index >= 15 is 0 Å². The maximum Gasteiger partial charge on any atom is 0.255 e. The van der Waals surface area contributed by atoms with Crippen LogP contribution < -0.4 is 0 Å². The van der Waals surface area contributed by atoms with E-state index in [4.69, 9.17) is 0 Å². The van der Waals surface area contributed by atoms with Crippen LogP contribution in [-0.4, -0.2) is 43.8 Å². The first-order valence-corrected chi connectivity index (χ1v) is 8.91. The van der Waals surface area contributed by atoms with Crippen LogP contribution in [0.4, 0.5) is 0 Å². The Morgan fingerprint density at radius 1 is 1.22 bits per heavy atom. The normalized spacial score (nSPS) is 11.3. The molecule has 0 aliphatic heterocycles. The van der Waals surface area contributed by atoms with Crippen LogP contribution in [0.25, 0.3) is 11.4 Å². The molecule has 5 nitrogen and oxygen atoms in total. The van der Waals surface area contributed by atoms with E-state index in [9.17, 15) is 4.79 Å². The number of hydrogen-bond donors (Lipinski definition) is 1. The number of benzene rings is 1. The van der Waals surface area contributed by atoms with Crippen LogP contribution in [0, 0.1) is 0 Å². The summed E-state index contributed by atoms with van der Waals surface area (Å²) in [5, 5.41) is 7.85. The zero-order chi connectivity index (χ0) is 17.0. The zero-order valence-corrected chi connectivity index (χ0v) is 15.1. The SMILES string of the molecule is CCSc1n[nH]c(-c2ccccc2C(=O)N(C(C)C)C(C)C)n1. The van der Waals surface area contributed by atoms with E-state index in [-0.39, 0.29) is 18.0 Å². The first-order chi connectivity index (χ1) is 11.0. The Hall–Kier alpha value is -1.82. The molecule has 0 spiro atoms. The minimum atomic E-state index is 0.0201. The summed E-state index contributed by atoms with van der Waals surface area (Å²) in [5.74, 6) is 1.57. The number of thioether (sulfide) groups is 1. The zero-order valence-electron chi connectivity index (χ0n) is 14.3. The lowest BCUT2D eigenvalue weighted by Gasteiger charge is -2.31. The lowest BCUT2D eigenvalue weighted by atomic mass is 10.0. The second kappa shape index (κ2) is 7.64. The van der Waals surface area contributed by atoms with Crippen molar-refractivity contribution < 1.29 is 4.79 Å². The molecular weight excluding hydrogens is 308 g/mol. The van der Waals surface area contributed by atoms with Crippen molar-refractivity contribution >= 4 is 17.7 Å². The highest BCUT2D eigenvalue weighted by molar-refractivity contribution is 7.99. The highest BCUT2D eigenvalue weighted by Gasteiger charge is 2.24. The Bertz CT molecular complexity index is 658. The molecule has 0 unspecified atom stereocenters. The molecule has 23 heavy (non-hydrogen) atoms. The number of aromatic nitrogens is 3. The minimum Gasteiger partial charge on any atom is -0.334 e. The summed E-state index contributed by atoms with van der Waals surface area (Å²) >= 11 is 1.57. The Morgan fingerprint density at radius 3 is 2.48 bits per heavy atom. The van der Waals surface area contributed by atoms with Crippen molar-refractivity contribution in [3.05, 3.63) is 29.8 Å². The van der Waals surface area contributed by atoms with Gasteiger partial charge in [0, 0.05) is 17.6 Å². The molecule has 0 saturated heterocycles. The molecule has 1 aromatic carbocycles. The molecule has 2 aromatic rings. The van der Waals surface area contributed by atoms with E-state index in [2.05, 4.69) is 22.1 Å². The number of nitrogens with one attached hydrogen (secondary N) is 1. The lowest BCUT2D eigenvalue weighted by Crippen LogP contribution is -2.42. The largest absolute Gasteiger partial charge is 0.334 e. The van der Waals surface area contributed by atoms with Gasteiger partial charge in [-0.1, -0.05) is 36.9 Å². The Morgan fingerprint density at radius 2 is 1.87 bits per heavy atom. The van der Waals surface area contributed by atoms with Crippen molar-refractivity contribution in [2.75, 3.05) is 5.75 Å². The third-order valence-electron chi connectivity index (χ3n) is 3.50. The van der Waals surface area contributed by atoms with Crippen LogP contribution in [0.2, 0.25) is 0 Å². The number of nitrogens with zero attached hydrogens (tertiary/aromatic N) is 3. The molecule has 2 rings (SSSR count). The van der Waals surface area contributed by atoms with Gasteiger partial charge in [-0.2, -0.15) is 0 Å². The number of H-pyrrole nitrogens is 1. The third-order valence-corrected chi connectivity index (χ3v) is 4.23. The molecule has 0 atom stereocenters. The van der Waals surface area contributed by atoms with E-state index < -0.39 is 0 Å². The van der Waals surface area contributed by atoms with Crippen molar-refractivity contribution in [3.63, 3.8) is 0 Å². The number of carbonyl (C=O) groups is 1. The van der Waals surface area contributed by atoms with Crippen LogP contribution in [0.5, 0.6) is 0 Å². The molecule has 0 aliphatic carbocycles. The van der Waals surface area contributed by atoms with Gasteiger partial charge in [-0.15, -0.1) is 5.10 Å². The summed E-state index contributed by atoms with van der Waals surface area (Å²) in [7, 11) is 0. The molecule has 0 aliphatic rings. The molecule has 1 N–H and O–H groups in total. The van der Waals surface area contributed by atoms with E-state index in [1.54, 1.807) is 11.8 Å². The van der Waals surface area contributed by atoms with Gasteiger partial charge in [0.25, 0.3) is 5.91 Å². The Balaban J connectivity index is 2.42. The summed E-state index contributed by atoms with van der Waals surface area (Å²) in [4.78, 5) is 19.4. The number of hydrogen-bond acceptors (Lipinski definition) is 4. The number of aromatic amines is 1. The molecule has 6 heteroatoms. The van der Waals surface area contributed by atoms with Crippen molar-refractivity contribution in [3.8, 4) is 11.4 Å². The van der Waals surface area contributed by atoms with Crippen molar-refractivity contribution in [1.82, 2.24) is 20.1 Å². The molecule has 0 fully saturated rings. The van der Waals surface area contributed by atoms with E-state index in [1.807, 2.05) is 56.9 Å². The fourth-order valence-electron chi connectivity index (χ4n) is 2.64. The summed E-state index contributed by atoms with van der Waals surface area (Å²) in [5.41, 5.74) is 1.44. The second-order valence-corrected chi connectivity index (χ2v) is 7.08. The average Bonchev–Trinajstić information content (AvgIpc) is 2.95. The van der Waals surface area contributed by atoms with E-state index in [0.717, 1.165) is 11.3 Å². The molecular formula is C17H24N4OS. The van der Waals surface area contributed by atoms with Gasteiger partial charge in [0.2, 0.25) is 5.16 Å². The highest BCUT2D eigenvalue weighted by atomic mass is 32.2. The standard InChI is InChI=1S/C17H24N4OS/c1-6-23-17-18-15(19-20-17)13-9-7-8-10-14(13)16(22)21(11(2)3)12(4)5/h7-12H,6H2,1-5H3,(H,18,19,20). The first-order valence-electron chi connectivity index (χ1n) is 7.93. The molecule has 1 heterocycles. The average molecular weight is 332 g/mol. The van der Waals surface area contributed by atoms with Gasteiger partial charge >= 0.3 is 0 Å². The molecule has 1 aromatic heterocycles. The summed E-state index contributed by atoms with van der Waals surface area (Å²) in [6, 6.07) is 7.83. The van der Waals surface area contributed by atoms with Gasteiger partial charge in [-0.05, 0) is 39.5 Å². The Labute approximate surface area is 141 Å². The van der Waals surface area contributed by atoms with Crippen LogP contribution in [0.3, 0.4) is 0 Å². The second-order valence-electron chi connectivity index (χ2n) is 5.85. The monoisotopic (exact) mass is 332 g/mol. The van der Waals surface area contributed by atoms with Gasteiger partial charge in [0.05, 0.1) is 5.56 Å². The molecule has 0 radical (unpaired) electrons. The maximum absolute atomic E-state index is 13.0. The summed E-state index contributed by atoms with van der Waals surface area (Å²) in [6.45, 7) is 10.2. The van der Waals surface area contributed by atoms with Gasteiger partial charge in [-0.25, -0.2) is 4.98 Å². The molecule has 0 bridgehead atoms. The van der Waals surface area contributed by atoms with Crippen LogP contribution >= 0.6 is 11.8 Å². The minimum absolute atomic E-state index is 0.0201. The lowest BCUT2D eigenvalue weighted by molar-refractivity contribution is 0.0644. The quantitative estimate of drug-likeness (QED) is 0.816. The van der Waals surface area contributed by atoms with Crippen molar-refractivity contribution in [2.45, 2.75) is 51.9 Å². The molecule has 1 amide bonds. The topological polar surface area (TPSA) is 61.9 Å². The van der Waals surface area contributed by atoms with Crippen molar-refractivity contribution in [2.24, 2.45) is 0 Å². The fourth-order valence-corrected chi connectivity index (χ4v) is 3.17.